The molecule has 2 aromatic heterocycles. The molecule has 0 radical (unpaired) electrons. The minimum Gasteiger partial charge on any atom is -0.496 e. The van der Waals surface area contributed by atoms with E-state index >= 15 is 0 Å². The Morgan fingerprint density at radius 1 is 1.14 bits per heavy atom. The second-order valence-electron chi connectivity index (χ2n) is 7.29. The van der Waals surface area contributed by atoms with E-state index in [9.17, 15) is 0 Å². The first-order valence-corrected chi connectivity index (χ1v) is 10.3. The van der Waals surface area contributed by atoms with Gasteiger partial charge in [-0.25, -0.2) is 0 Å². The number of hydrogen-bond acceptors (Lipinski definition) is 5. The zero-order valence-corrected chi connectivity index (χ0v) is 16.7. The monoisotopic (exact) mass is 387 g/mol. The third kappa shape index (κ3) is 2.87. The zero-order chi connectivity index (χ0) is 19.1. The fourth-order valence-electron chi connectivity index (χ4n) is 4.24. The maximum absolute atomic E-state index is 5.90. The number of aromatic nitrogens is 2. The molecule has 1 unspecified atom stereocenters. The first-order valence-electron chi connectivity index (χ1n) is 9.38. The summed E-state index contributed by atoms with van der Waals surface area (Å²) in [7, 11) is 3.92. The molecule has 0 saturated heterocycles. The first-order chi connectivity index (χ1) is 13.7. The largest absolute Gasteiger partial charge is 0.496 e. The highest BCUT2D eigenvalue weighted by molar-refractivity contribution is 7.17. The van der Waals surface area contributed by atoms with Crippen molar-refractivity contribution in [1.29, 1.82) is 0 Å². The van der Waals surface area contributed by atoms with Crippen LogP contribution in [0.1, 0.15) is 22.6 Å². The van der Waals surface area contributed by atoms with Crippen molar-refractivity contribution >= 4 is 21.4 Å². The summed E-state index contributed by atoms with van der Waals surface area (Å²) in [5.74, 6) is 1.23. The van der Waals surface area contributed by atoms with Crippen molar-refractivity contribution in [3.63, 3.8) is 0 Å². The number of rotatable bonds is 3. The van der Waals surface area contributed by atoms with Crippen LogP contribution >= 0.6 is 11.3 Å². The van der Waals surface area contributed by atoms with Gasteiger partial charge in [-0.2, -0.15) is 10.2 Å². The molecule has 0 N–H and O–H groups in total. The average molecular weight is 388 g/mol. The second kappa shape index (κ2) is 7.00. The van der Waals surface area contributed by atoms with E-state index in [2.05, 4.69) is 63.9 Å². The maximum atomic E-state index is 5.90. The smallest absolute Gasteiger partial charge is 0.133 e. The lowest BCUT2D eigenvalue weighted by Crippen LogP contribution is -2.31. The van der Waals surface area contributed by atoms with E-state index < -0.39 is 0 Å². The Balaban J connectivity index is 1.66. The van der Waals surface area contributed by atoms with E-state index in [0.717, 1.165) is 30.1 Å². The van der Waals surface area contributed by atoms with Gasteiger partial charge in [0.1, 0.15) is 5.75 Å². The quantitative estimate of drug-likeness (QED) is 0.499. The van der Waals surface area contributed by atoms with Crippen LogP contribution in [0.2, 0.25) is 0 Å². The molecule has 4 nitrogen and oxygen atoms in total. The summed E-state index contributed by atoms with van der Waals surface area (Å²) < 4.78 is 7.23. The van der Waals surface area contributed by atoms with E-state index in [1.165, 1.54) is 26.8 Å². The van der Waals surface area contributed by atoms with Gasteiger partial charge in [0, 0.05) is 41.0 Å². The summed E-state index contributed by atoms with van der Waals surface area (Å²) in [5, 5.41) is 11.8. The highest BCUT2D eigenvalue weighted by Gasteiger charge is 2.29. The number of hydrogen-bond donors (Lipinski definition) is 0. The highest BCUT2D eigenvalue weighted by Crippen LogP contribution is 2.42. The topological polar surface area (TPSA) is 38.3 Å². The Labute approximate surface area is 168 Å². The van der Waals surface area contributed by atoms with Crippen LogP contribution in [0.3, 0.4) is 0 Å². The van der Waals surface area contributed by atoms with Gasteiger partial charge in [-0.3, -0.25) is 0 Å². The molecular weight excluding hydrogens is 366 g/mol. The fourth-order valence-corrected chi connectivity index (χ4v) is 5.01. The number of methoxy groups -OCH3 is 1. The van der Waals surface area contributed by atoms with Crippen molar-refractivity contribution in [1.82, 2.24) is 15.1 Å². The minimum absolute atomic E-state index is 0.322. The van der Waals surface area contributed by atoms with E-state index in [4.69, 9.17) is 4.74 Å². The lowest BCUT2D eigenvalue weighted by Gasteiger charge is -2.34. The number of thiophene rings is 1. The molecule has 5 heteroatoms. The van der Waals surface area contributed by atoms with Crippen molar-refractivity contribution < 1.29 is 4.74 Å². The lowest BCUT2D eigenvalue weighted by atomic mass is 9.83. The first kappa shape index (κ1) is 17.3. The number of nitrogens with zero attached hydrogens (tertiary/aromatic N) is 3. The number of ether oxygens (including phenoxy) is 1. The zero-order valence-electron chi connectivity index (χ0n) is 15.9. The molecule has 28 heavy (non-hydrogen) atoms. The van der Waals surface area contributed by atoms with Crippen LogP contribution in [0.15, 0.2) is 60.1 Å². The van der Waals surface area contributed by atoms with E-state index in [1.54, 1.807) is 24.6 Å². The Bertz CT molecular complexity index is 1140. The molecule has 140 valence electrons. The van der Waals surface area contributed by atoms with Crippen LogP contribution in [0, 0.1) is 0 Å². The predicted octanol–water partition coefficient (Wildman–Crippen LogP) is 4.94. The second-order valence-corrected chi connectivity index (χ2v) is 8.24. The van der Waals surface area contributed by atoms with Crippen LogP contribution < -0.4 is 4.74 Å². The third-order valence-corrected chi connectivity index (χ3v) is 6.42. The third-order valence-electron chi connectivity index (χ3n) is 5.53. The van der Waals surface area contributed by atoms with Gasteiger partial charge in [0.05, 0.1) is 12.8 Å². The van der Waals surface area contributed by atoms with Crippen molar-refractivity contribution in [3.8, 4) is 17.0 Å². The molecule has 0 saturated carbocycles. The summed E-state index contributed by atoms with van der Waals surface area (Å²) in [5.41, 5.74) is 5.78. The summed E-state index contributed by atoms with van der Waals surface area (Å²) >= 11 is 1.79. The molecular formula is C23H21N3OS. The van der Waals surface area contributed by atoms with Gasteiger partial charge >= 0.3 is 0 Å². The van der Waals surface area contributed by atoms with Crippen LogP contribution in [-0.2, 0) is 6.54 Å². The molecule has 0 spiro atoms. The SMILES string of the molecule is COc1c(-c2cccnn2)ccc2c1CN(C)CC2c1ccc2sccc2c1. The van der Waals surface area contributed by atoms with Gasteiger partial charge < -0.3 is 9.64 Å². The summed E-state index contributed by atoms with van der Waals surface area (Å²) in [6.45, 7) is 1.86. The molecule has 0 bridgehead atoms. The van der Waals surface area contributed by atoms with E-state index in [1.807, 2.05) is 12.1 Å². The number of fused-ring (bicyclic) bond motifs is 2. The molecule has 0 amide bonds. The van der Waals surface area contributed by atoms with Crippen molar-refractivity contribution in [2.45, 2.75) is 12.5 Å². The standard InChI is InChI=1S/C23H21N3OS/c1-26-13-19(15-5-8-22-16(12-15)9-11-28-22)17-6-7-18(21-4-3-10-24-25-21)23(27-2)20(17)14-26/h3-12,19H,13-14H2,1-2H3. The van der Waals surface area contributed by atoms with Gasteiger partial charge in [0.2, 0.25) is 0 Å². The van der Waals surface area contributed by atoms with E-state index in [-0.39, 0.29) is 0 Å². The number of benzene rings is 2. The van der Waals surface area contributed by atoms with Crippen molar-refractivity contribution in [2.24, 2.45) is 0 Å². The van der Waals surface area contributed by atoms with Crippen LogP contribution in [-0.4, -0.2) is 35.8 Å². The van der Waals surface area contributed by atoms with Crippen LogP contribution in [0.4, 0.5) is 0 Å². The Kier molecular flexibility index (Phi) is 4.34. The minimum atomic E-state index is 0.322. The van der Waals surface area contributed by atoms with Crippen molar-refractivity contribution in [3.05, 3.63) is 76.8 Å². The summed E-state index contributed by atoms with van der Waals surface area (Å²) in [6, 6.07) is 17.3. The average Bonchev–Trinajstić information content (AvgIpc) is 3.20. The number of likely N-dealkylation sites (N-methyl/N-ethyl adjacent to an activating group) is 1. The van der Waals surface area contributed by atoms with Crippen LogP contribution in [0.25, 0.3) is 21.3 Å². The van der Waals surface area contributed by atoms with Gasteiger partial charge in [-0.05, 0) is 65.3 Å². The molecule has 2 aromatic carbocycles. The van der Waals surface area contributed by atoms with Crippen LogP contribution in [0.5, 0.6) is 5.75 Å². The van der Waals surface area contributed by atoms with Gasteiger partial charge in [-0.1, -0.05) is 12.1 Å². The Hall–Kier alpha value is -2.76. The molecule has 0 aliphatic carbocycles. The normalized spacial score (nSPS) is 16.9. The maximum Gasteiger partial charge on any atom is 0.133 e. The predicted molar refractivity (Wildman–Crippen MR) is 114 cm³/mol. The molecule has 5 rings (SSSR count). The van der Waals surface area contributed by atoms with Gasteiger partial charge in [0.15, 0.2) is 0 Å². The summed E-state index contributed by atoms with van der Waals surface area (Å²) in [6.07, 6.45) is 1.69. The molecule has 3 heterocycles. The molecule has 4 aromatic rings. The molecule has 1 aliphatic heterocycles. The molecule has 1 aliphatic rings. The Morgan fingerprint density at radius 3 is 2.89 bits per heavy atom. The van der Waals surface area contributed by atoms with Gasteiger partial charge in [-0.15, -0.1) is 11.3 Å². The van der Waals surface area contributed by atoms with Crippen molar-refractivity contribution in [2.75, 3.05) is 20.7 Å². The molecule has 0 fully saturated rings. The van der Waals surface area contributed by atoms with E-state index in [0.29, 0.717) is 5.92 Å². The van der Waals surface area contributed by atoms with Gasteiger partial charge in [0.25, 0.3) is 0 Å². The summed E-state index contributed by atoms with van der Waals surface area (Å²) in [4.78, 5) is 2.37. The highest BCUT2D eigenvalue weighted by atomic mass is 32.1. The molecule has 1 atom stereocenters. The Morgan fingerprint density at radius 2 is 2.07 bits per heavy atom. The lowest BCUT2D eigenvalue weighted by molar-refractivity contribution is 0.286. The fraction of sp³-hybridized carbons (Fsp3) is 0.217.